The topological polar surface area (TPSA) is 104 Å². The molecule has 0 saturated carbocycles. The standard InChI is InChI=1S/C12H19N3O4/c1-9-8-10(15(14-9)6-7-16)13-11(17)4-2-3-5-12(18)19/h8,16H,2-7H2,1H3,(H,13,17)(H,18,19). The van der Waals surface area contributed by atoms with Crippen molar-refractivity contribution in [1.29, 1.82) is 0 Å². The van der Waals surface area contributed by atoms with Crippen LogP contribution in [0.2, 0.25) is 0 Å². The lowest BCUT2D eigenvalue weighted by Crippen LogP contribution is -2.16. The average molecular weight is 269 g/mol. The first-order valence-electron chi connectivity index (χ1n) is 6.20. The highest BCUT2D eigenvalue weighted by molar-refractivity contribution is 5.89. The molecule has 0 fully saturated rings. The fourth-order valence-electron chi connectivity index (χ4n) is 1.68. The maximum atomic E-state index is 11.7. The first-order chi connectivity index (χ1) is 9.02. The number of carboxylic acid groups (broad SMARTS) is 1. The van der Waals surface area contributed by atoms with E-state index < -0.39 is 5.97 Å². The number of aromatic nitrogens is 2. The van der Waals surface area contributed by atoms with Gasteiger partial charge in [0.15, 0.2) is 0 Å². The van der Waals surface area contributed by atoms with E-state index in [1.165, 1.54) is 4.68 Å². The van der Waals surface area contributed by atoms with Crippen molar-refractivity contribution in [2.75, 3.05) is 11.9 Å². The molecule has 106 valence electrons. The Labute approximate surface area is 111 Å². The van der Waals surface area contributed by atoms with Crippen LogP contribution >= 0.6 is 0 Å². The summed E-state index contributed by atoms with van der Waals surface area (Å²) in [6, 6.07) is 1.73. The van der Waals surface area contributed by atoms with E-state index in [2.05, 4.69) is 10.4 Å². The predicted octanol–water partition coefficient (Wildman–Crippen LogP) is 0.767. The van der Waals surface area contributed by atoms with Crippen LogP contribution in [0.25, 0.3) is 0 Å². The van der Waals surface area contributed by atoms with Gasteiger partial charge in [0.05, 0.1) is 18.8 Å². The molecular weight excluding hydrogens is 250 g/mol. The van der Waals surface area contributed by atoms with Crippen molar-refractivity contribution in [1.82, 2.24) is 9.78 Å². The van der Waals surface area contributed by atoms with E-state index >= 15 is 0 Å². The molecule has 1 aromatic heterocycles. The zero-order chi connectivity index (χ0) is 14.3. The molecule has 0 aliphatic carbocycles. The molecule has 0 saturated heterocycles. The third kappa shape index (κ3) is 5.52. The third-order valence-corrected chi connectivity index (χ3v) is 2.53. The second-order valence-corrected chi connectivity index (χ2v) is 4.27. The van der Waals surface area contributed by atoms with Crippen molar-refractivity contribution in [2.24, 2.45) is 0 Å². The Kier molecular flexibility index (Phi) is 6.01. The third-order valence-electron chi connectivity index (χ3n) is 2.53. The molecule has 0 bridgehead atoms. The van der Waals surface area contributed by atoms with Gasteiger partial charge < -0.3 is 15.5 Å². The average Bonchev–Trinajstić information content (AvgIpc) is 2.65. The number of rotatable bonds is 8. The molecule has 0 aromatic carbocycles. The number of carbonyl (C=O) groups excluding carboxylic acids is 1. The van der Waals surface area contributed by atoms with Crippen LogP contribution in [0.3, 0.4) is 0 Å². The fraction of sp³-hybridized carbons (Fsp3) is 0.583. The van der Waals surface area contributed by atoms with Gasteiger partial charge in [0.2, 0.25) is 5.91 Å². The summed E-state index contributed by atoms with van der Waals surface area (Å²) in [6.45, 7) is 2.07. The van der Waals surface area contributed by atoms with Gasteiger partial charge in [0.25, 0.3) is 0 Å². The van der Waals surface area contributed by atoms with Crippen LogP contribution in [-0.4, -0.2) is 38.5 Å². The number of carbonyl (C=O) groups is 2. The number of nitrogens with zero attached hydrogens (tertiary/aromatic N) is 2. The van der Waals surface area contributed by atoms with Crippen molar-refractivity contribution in [2.45, 2.75) is 39.2 Å². The van der Waals surface area contributed by atoms with E-state index in [1.54, 1.807) is 13.0 Å². The largest absolute Gasteiger partial charge is 0.481 e. The van der Waals surface area contributed by atoms with E-state index in [9.17, 15) is 9.59 Å². The molecule has 0 unspecified atom stereocenters. The Morgan fingerprint density at radius 1 is 1.37 bits per heavy atom. The first kappa shape index (κ1) is 15.2. The van der Waals surface area contributed by atoms with E-state index in [4.69, 9.17) is 10.2 Å². The molecule has 0 spiro atoms. The Morgan fingerprint density at radius 2 is 2.05 bits per heavy atom. The SMILES string of the molecule is Cc1cc(NC(=O)CCCCC(=O)O)n(CCO)n1. The van der Waals surface area contributed by atoms with Gasteiger partial charge in [-0.25, -0.2) is 4.68 Å². The van der Waals surface area contributed by atoms with Crippen molar-refractivity contribution in [3.8, 4) is 0 Å². The number of aliphatic carboxylic acids is 1. The lowest BCUT2D eigenvalue weighted by atomic mass is 10.2. The predicted molar refractivity (Wildman–Crippen MR) is 68.8 cm³/mol. The molecule has 0 radical (unpaired) electrons. The minimum atomic E-state index is -0.850. The molecule has 0 aliphatic rings. The Morgan fingerprint density at radius 3 is 2.68 bits per heavy atom. The first-order valence-corrected chi connectivity index (χ1v) is 6.20. The van der Waals surface area contributed by atoms with Gasteiger partial charge in [0, 0.05) is 18.9 Å². The number of hydrogen-bond donors (Lipinski definition) is 3. The van der Waals surface area contributed by atoms with E-state index in [-0.39, 0.29) is 25.4 Å². The summed E-state index contributed by atoms with van der Waals surface area (Å²) >= 11 is 0. The van der Waals surface area contributed by atoms with Gasteiger partial charge in [-0.1, -0.05) is 0 Å². The van der Waals surface area contributed by atoms with Crippen LogP contribution in [0.15, 0.2) is 6.07 Å². The number of nitrogens with one attached hydrogen (secondary N) is 1. The number of aryl methyl sites for hydroxylation is 1. The number of unbranched alkanes of at least 4 members (excludes halogenated alkanes) is 1. The lowest BCUT2D eigenvalue weighted by Gasteiger charge is -2.07. The maximum absolute atomic E-state index is 11.7. The van der Waals surface area contributed by atoms with Crippen LogP contribution in [0.5, 0.6) is 0 Å². The van der Waals surface area contributed by atoms with Crippen LogP contribution in [-0.2, 0) is 16.1 Å². The number of anilines is 1. The molecule has 7 heteroatoms. The van der Waals surface area contributed by atoms with Gasteiger partial charge >= 0.3 is 5.97 Å². The number of hydrogen-bond acceptors (Lipinski definition) is 4. The second-order valence-electron chi connectivity index (χ2n) is 4.27. The fourth-order valence-corrected chi connectivity index (χ4v) is 1.68. The molecule has 1 heterocycles. The highest BCUT2D eigenvalue weighted by Crippen LogP contribution is 2.11. The highest BCUT2D eigenvalue weighted by Gasteiger charge is 2.09. The molecule has 1 amide bonds. The summed E-state index contributed by atoms with van der Waals surface area (Å²) in [6.07, 6.45) is 1.37. The Balaban J connectivity index is 2.41. The van der Waals surface area contributed by atoms with Gasteiger partial charge in [0.1, 0.15) is 5.82 Å². The summed E-state index contributed by atoms with van der Waals surface area (Å²) < 4.78 is 1.53. The van der Waals surface area contributed by atoms with Crippen LogP contribution in [0.1, 0.15) is 31.4 Å². The Hall–Kier alpha value is -1.89. The number of aliphatic hydroxyl groups is 1. The number of amides is 1. The van der Waals surface area contributed by atoms with Crippen LogP contribution < -0.4 is 5.32 Å². The lowest BCUT2D eigenvalue weighted by molar-refractivity contribution is -0.137. The van der Waals surface area contributed by atoms with E-state index in [1.807, 2.05) is 0 Å². The van der Waals surface area contributed by atoms with Gasteiger partial charge in [-0.2, -0.15) is 5.10 Å². The monoisotopic (exact) mass is 269 g/mol. The van der Waals surface area contributed by atoms with Crippen LogP contribution in [0.4, 0.5) is 5.82 Å². The minimum absolute atomic E-state index is 0.0530. The molecular formula is C12H19N3O4. The zero-order valence-electron chi connectivity index (χ0n) is 10.9. The second kappa shape index (κ2) is 7.52. The number of aliphatic hydroxyl groups excluding tert-OH is 1. The summed E-state index contributed by atoms with van der Waals surface area (Å²) in [5.41, 5.74) is 0.759. The summed E-state index contributed by atoms with van der Waals surface area (Å²) in [4.78, 5) is 22.0. The normalized spacial score (nSPS) is 10.4. The molecule has 0 atom stereocenters. The smallest absolute Gasteiger partial charge is 0.303 e. The minimum Gasteiger partial charge on any atom is -0.481 e. The molecule has 19 heavy (non-hydrogen) atoms. The zero-order valence-corrected chi connectivity index (χ0v) is 10.9. The van der Waals surface area contributed by atoms with Gasteiger partial charge in [-0.15, -0.1) is 0 Å². The van der Waals surface area contributed by atoms with Crippen molar-refractivity contribution >= 4 is 17.7 Å². The van der Waals surface area contributed by atoms with E-state index in [0.29, 0.717) is 25.2 Å². The van der Waals surface area contributed by atoms with Crippen molar-refractivity contribution in [3.63, 3.8) is 0 Å². The van der Waals surface area contributed by atoms with E-state index in [0.717, 1.165) is 5.69 Å². The molecule has 1 aromatic rings. The van der Waals surface area contributed by atoms with Gasteiger partial charge in [-0.3, -0.25) is 9.59 Å². The van der Waals surface area contributed by atoms with Crippen molar-refractivity contribution in [3.05, 3.63) is 11.8 Å². The maximum Gasteiger partial charge on any atom is 0.303 e. The van der Waals surface area contributed by atoms with Crippen molar-refractivity contribution < 1.29 is 19.8 Å². The Bertz CT molecular complexity index is 442. The quantitative estimate of drug-likeness (QED) is 0.604. The molecule has 0 aliphatic heterocycles. The summed E-state index contributed by atoms with van der Waals surface area (Å²) in [5, 5.41) is 24.2. The number of carboxylic acids is 1. The molecule has 7 nitrogen and oxygen atoms in total. The molecule has 1 rings (SSSR count). The summed E-state index contributed by atoms with van der Waals surface area (Å²) in [7, 11) is 0. The van der Waals surface area contributed by atoms with Gasteiger partial charge in [-0.05, 0) is 19.8 Å². The summed E-state index contributed by atoms with van der Waals surface area (Å²) in [5.74, 6) is -0.476. The highest BCUT2D eigenvalue weighted by atomic mass is 16.4. The van der Waals surface area contributed by atoms with Crippen LogP contribution in [0, 0.1) is 6.92 Å². The molecule has 3 N–H and O–H groups in total.